The standard InChI is InChI=1S/C15H17ClN2O2S/c1-15(5-7-20-8-6-15)18-14(19)13-12(17)11-9(16)3-2-4-10(11)21-13/h2-4H,5-8,17H2,1H3,(H,18,19). The van der Waals surface area contributed by atoms with Crippen LogP contribution in [0.5, 0.6) is 0 Å². The second-order valence-electron chi connectivity index (χ2n) is 5.58. The van der Waals surface area contributed by atoms with Gasteiger partial charge in [0, 0.05) is 28.8 Å². The molecule has 0 aliphatic carbocycles. The molecule has 1 amide bonds. The molecule has 0 unspecified atom stereocenters. The molecule has 3 N–H and O–H groups in total. The second kappa shape index (κ2) is 5.48. The first kappa shape index (κ1) is 14.6. The van der Waals surface area contributed by atoms with Crippen molar-refractivity contribution in [3.8, 4) is 0 Å². The number of fused-ring (bicyclic) bond motifs is 1. The minimum absolute atomic E-state index is 0.130. The van der Waals surface area contributed by atoms with E-state index in [9.17, 15) is 4.79 Å². The van der Waals surface area contributed by atoms with Crippen molar-refractivity contribution in [2.45, 2.75) is 25.3 Å². The summed E-state index contributed by atoms with van der Waals surface area (Å²) in [4.78, 5) is 13.1. The highest BCUT2D eigenvalue weighted by Gasteiger charge is 2.30. The fourth-order valence-electron chi connectivity index (χ4n) is 2.58. The predicted octanol–water partition coefficient (Wildman–Crippen LogP) is 3.44. The maximum absolute atomic E-state index is 12.6. The second-order valence-corrected chi connectivity index (χ2v) is 7.04. The number of thiophene rings is 1. The minimum atomic E-state index is -0.234. The largest absolute Gasteiger partial charge is 0.397 e. The van der Waals surface area contributed by atoms with Crippen LogP contribution in [0.3, 0.4) is 0 Å². The predicted molar refractivity (Wildman–Crippen MR) is 87.2 cm³/mol. The minimum Gasteiger partial charge on any atom is -0.397 e. The summed E-state index contributed by atoms with van der Waals surface area (Å²) in [6.07, 6.45) is 1.62. The fraction of sp³-hybridized carbons (Fsp3) is 0.400. The molecule has 0 atom stereocenters. The van der Waals surface area contributed by atoms with Crippen LogP contribution in [0.2, 0.25) is 5.02 Å². The Labute approximate surface area is 132 Å². The van der Waals surface area contributed by atoms with Crippen LogP contribution in [0.15, 0.2) is 18.2 Å². The van der Waals surface area contributed by atoms with E-state index in [0.29, 0.717) is 28.8 Å². The lowest BCUT2D eigenvalue weighted by atomic mass is 9.92. The molecule has 1 aromatic carbocycles. The van der Waals surface area contributed by atoms with Gasteiger partial charge in [-0.3, -0.25) is 4.79 Å². The highest BCUT2D eigenvalue weighted by Crippen LogP contribution is 2.38. The van der Waals surface area contributed by atoms with Crippen LogP contribution >= 0.6 is 22.9 Å². The van der Waals surface area contributed by atoms with E-state index in [1.165, 1.54) is 11.3 Å². The van der Waals surface area contributed by atoms with Gasteiger partial charge in [0.25, 0.3) is 5.91 Å². The summed E-state index contributed by atoms with van der Waals surface area (Å²) in [7, 11) is 0. The monoisotopic (exact) mass is 324 g/mol. The Hall–Kier alpha value is -1.30. The van der Waals surface area contributed by atoms with E-state index in [-0.39, 0.29) is 11.4 Å². The molecule has 0 bridgehead atoms. The third-order valence-corrected chi connectivity index (χ3v) is 5.40. The average molecular weight is 325 g/mol. The van der Waals surface area contributed by atoms with Gasteiger partial charge >= 0.3 is 0 Å². The summed E-state index contributed by atoms with van der Waals surface area (Å²) in [5, 5.41) is 4.45. The molecule has 0 radical (unpaired) electrons. The Morgan fingerprint density at radius 1 is 1.43 bits per heavy atom. The zero-order chi connectivity index (χ0) is 15.0. The van der Waals surface area contributed by atoms with Gasteiger partial charge in [0.1, 0.15) is 4.88 Å². The van der Waals surface area contributed by atoms with Crippen molar-refractivity contribution in [3.05, 3.63) is 28.1 Å². The molecule has 21 heavy (non-hydrogen) atoms. The zero-order valence-corrected chi connectivity index (χ0v) is 13.3. The van der Waals surface area contributed by atoms with Crippen molar-refractivity contribution >= 4 is 44.6 Å². The van der Waals surface area contributed by atoms with Crippen molar-refractivity contribution < 1.29 is 9.53 Å². The number of nitrogens with one attached hydrogen (secondary N) is 1. The number of hydrogen-bond donors (Lipinski definition) is 2. The number of nitrogen functional groups attached to an aromatic ring is 1. The van der Waals surface area contributed by atoms with Crippen LogP contribution in [0.4, 0.5) is 5.69 Å². The van der Waals surface area contributed by atoms with E-state index >= 15 is 0 Å². The fourth-order valence-corrected chi connectivity index (χ4v) is 3.95. The number of amides is 1. The molecule has 1 aromatic heterocycles. The highest BCUT2D eigenvalue weighted by atomic mass is 35.5. The number of rotatable bonds is 2. The maximum atomic E-state index is 12.6. The number of hydrogen-bond acceptors (Lipinski definition) is 4. The molecule has 112 valence electrons. The number of carbonyl (C=O) groups is 1. The number of anilines is 1. The third-order valence-electron chi connectivity index (χ3n) is 3.92. The van der Waals surface area contributed by atoms with Crippen molar-refractivity contribution in [3.63, 3.8) is 0 Å². The normalized spacial score (nSPS) is 17.8. The van der Waals surface area contributed by atoms with E-state index in [0.717, 1.165) is 22.9 Å². The first-order valence-electron chi connectivity index (χ1n) is 6.87. The Morgan fingerprint density at radius 3 is 2.81 bits per heavy atom. The van der Waals surface area contributed by atoms with Gasteiger partial charge in [0.15, 0.2) is 0 Å². The Kier molecular flexibility index (Phi) is 3.82. The van der Waals surface area contributed by atoms with Gasteiger partial charge in [-0.25, -0.2) is 0 Å². The van der Waals surface area contributed by atoms with Crippen molar-refractivity contribution in [2.24, 2.45) is 0 Å². The average Bonchev–Trinajstić information content (AvgIpc) is 2.78. The van der Waals surface area contributed by atoms with Crippen molar-refractivity contribution in [1.29, 1.82) is 0 Å². The smallest absolute Gasteiger partial charge is 0.263 e. The first-order valence-corrected chi connectivity index (χ1v) is 8.06. The van der Waals surface area contributed by atoms with Gasteiger partial charge in [0.05, 0.1) is 10.7 Å². The summed E-state index contributed by atoms with van der Waals surface area (Å²) >= 11 is 7.56. The lowest BCUT2D eigenvalue weighted by molar-refractivity contribution is 0.0424. The van der Waals surface area contributed by atoms with Gasteiger partial charge in [0.2, 0.25) is 0 Å². The molecular formula is C15H17ClN2O2S. The van der Waals surface area contributed by atoms with Crippen molar-refractivity contribution in [1.82, 2.24) is 5.32 Å². The van der Waals surface area contributed by atoms with Crippen LogP contribution in [0, 0.1) is 0 Å². The molecule has 0 spiro atoms. The topological polar surface area (TPSA) is 64.4 Å². The molecule has 2 aromatic rings. The quantitative estimate of drug-likeness (QED) is 0.889. The molecule has 3 rings (SSSR count). The SMILES string of the molecule is CC1(NC(=O)c2sc3cccc(Cl)c3c2N)CCOCC1. The van der Waals surface area contributed by atoms with Gasteiger partial charge in [-0.2, -0.15) is 0 Å². The zero-order valence-electron chi connectivity index (χ0n) is 11.7. The molecule has 0 saturated carbocycles. The molecule has 1 saturated heterocycles. The lowest BCUT2D eigenvalue weighted by Crippen LogP contribution is -2.49. The van der Waals surface area contributed by atoms with E-state index in [2.05, 4.69) is 5.32 Å². The van der Waals surface area contributed by atoms with E-state index in [1.807, 2.05) is 19.1 Å². The molecule has 1 fully saturated rings. The summed E-state index contributed by atoms with van der Waals surface area (Å²) in [5.41, 5.74) is 6.36. The summed E-state index contributed by atoms with van der Waals surface area (Å²) in [6.45, 7) is 3.39. The van der Waals surface area contributed by atoms with Gasteiger partial charge < -0.3 is 15.8 Å². The molecule has 2 heterocycles. The van der Waals surface area contributed by atoms with E-state index in [1.54, 1.807) is 6.07 Å². The summed E-state index contributed by atoms with van der Waals surface area (Å²) < 4.78 is 6.28. The summed E-state index contributed by atoms with van der Waals surface area (Å²) in [5.74, 6) is -0.130. The molecule has 1 aliphatic rings. The first-order chi connectivity index (χ1) is 10.0. The molecule has 1 aliphatic heterocycles. The molecule has 4 nitrogen and oxygen atoms in total. The van der Waals surface area contributed by atoms with Gasteiger partial charge in [-0.15, -0.1) is 11.3 Å². The van der Waals surface area contributed by atoms with Crippen LogP contribution in [-0.4, -0.2) is 24.7 Å². The van der Waals surface area contributed by atoms with Gasteiger partial charge in [-0.1, -0.05) is 17.7 Å². The third kappa shape index (κ3) is 2.73. The van der Waals surface area contributed by atoms with Crippen LogP contribution < -0.4 is 11.1 Å². The Bertz CT molecular complexity index is 692. The molecular weight excluding hydrogens is 308 g/mol. The maximum Gasteiger partial charge on any atom is 0.263 e. The highest BCUT2D eigenvalue weighted by molar-refractivity contribution is 7.21. The number of halogens is 1. The van der Waals surface area contributed by atoms with Crippen molar-refractivity contribution in [2.75, 3.05) is 18.9 Å². The van der Waals surface area contributed by atoms with Crippen LogP contribution in [0.25, 0.3) is 10.1 Å². The Morgan fingerprint density at radius 2 is 2.14 bits per heavy atom. The van der Waals surface area contributed by atoms with Crippen LogP contribution in [-0.2, 0) is 4.74 Å². The van der Waals surface area contributed by atoms with Gasteiger partial charge in [-0.05, 0) is 31.9 Å². The van der Waals surface area contributed by atoms with E-state index in [4.69, 9.17) is 22.1 Å². The number of carbonyl (C=O) groups excluding carboxylic acids is 1. The number of ether oxygens (including phenoxy) is 1. The van der Waals surface area contributed by atoms with E-state index < -0.39 is 0 Å². The van der Waals surface area contributed by atoms with Crippen LogP contribution in [0.1, 0.15) is 29.4 Å². The lowest BCUT2D eigenvalue weighted by Gasteiger charge is -2.34. The Balaban J connectivity index is 1.91. The molecule has 6 heteroatoms. The number of benzene rings is 1. The number of nitrogens with two attached hydrogens (primary N) is 1. The summed E-state index contributed by atoms with van der Waals surface area (Å²) in [6, 6.07) is 5.58.